The summed E-state index contributed by atoms with van der Waals surface area (Å²) in [6.45, 7) is 1.30. The maximum Gasteiger partial charge on any atom is 0.350 e. The van der Waals surface area contributed by atoms with Crippen LogP contribution in [0.1, 0.15) is 12.5 Å². The van der Waals surface area contributed by atoms with Crippen molar-refractivity contribution in [1.82, 2.24) is 0 Å². The average Bonchev–Trinajstić information content (AvgIpc) is 2.27. The molecule has 0 spiro atoms. The van der Waals surface area contributed by atoms with Crippen molar-refractivity contribution in [3.05, 3.63) is 35.9 Å². The Morgan fingerprint density at radius 1 is 1.40 bits per heavy atom. The normalized spacial score (nSPS) is 13.3. The molecule has 1 aromatic rings. The van der Waals surface area contributed by atoms with E-state index in [0.717, 1.165) is 5.56 Å². The Morgan fingerprint density at radius 2 is 2.00 bits per heavy atom. The fraction of sp³-hybridized carbons (Fsp3) is 0.250. The summed E-state index contributed by atoms with van der Waals surface area (Å²) in [5.41, 5.74) is -1.02. The van der Waals surface area contributed by atoms with E-state index in [-0.39, 0.29) is 0 Å². The van der Waals surface area contributed by atoms with E-state index < -0.39 is 11.6 Å². The summed E-state index contributed by atoms with van der Waals surface area (Å²) < 4.78 is 4.41. The van der Waals surface area contributed by atoms with Gasteiger partial charge in [0.15, 0.2) is 0 Å². The Kier molecular flexibility index (Phi) is 3.48. The maximum atomic E-state index is 11.1. The predicted molar refractivity (Wildman–Crippen MR) is 56.0 cm³/mol. The predicted octanol–water partition coefficient (Wildman–Crippen LogP) is 0.962. The van der Waals surface area contributed by atoms with Crippen LogP contribution in [-0.4, -0.2) is 23.8 Å². The highest BCUT2D eigenvalue weighted by Gasteiger charge is 2.28. The summed E-state index contributed by atoms with van der Waals surface area (Å²) in [4.78, 5) is 11.1. The maximum absolute atomic E-state index is 11.1. The molecule has 15 heavy (non-hydrogen) atoms. The standard InChI is InChI=1S/C12H12O3/c1-12(14,11(13)15-2)9-8-10-6-4-3-5-7-10/h3-7,14H,1-2H3. The van der Waals surface area contributed by atoms with Crippen LogP contribution in [0, 0.1) is 11.8 Å². The van der Waals surface area contributed by atoms with Crippen molar-refractivity contribution in [1.29, 1.82) is 0 Å². The molecule has 0 amide bonds. The monoisotopic (exact) mass is 204 g/mol. The molecule has 3 nitrogen and oxygen atoms in total. The second kappa shape index (κ2) is 4.63. The van der Waals surface area contributed by atoms with Crippen molar-refractivity contribution in [2.75, 3.05) is 7.11 Å². The zero-order chi connectivity index (χ0) is 11.3. The van der Waals surface area contributed by atoms with Crippen LogP contribution in [0.3, 0.4) is 0 Å². The number of esters is 1. The summed E-state index contributed by atoms with van der Waals surface area (Å²) in [7, 11) is 1.21. The third-order valence-corrected chi connectivity index (χ3v) is 1.81. The molecule has 1 rings (SSSR count). The number of aliphatic hydroxyl groups is 1. The quantitative estimate of drug-likeness (QED) is 0.547. The summed E-state index contributed by atoms with van der Waals surface area (Å²) >= 11 is 0. The number of hydrogen-bond acceptors (Lipinski definition) is 3. The number of hydrogen-bond donors (Lipinski definition) is 1. The fourth-order valence-electron chi connectivity index (χ4n) is 0.965. The Balaban J connectivity index is 2.86. The molecule has 0 saturated carbocycles. The highest BCUT2D eigenvalue weighted by molar-refractivity contribution is 5.82. The van der Waals surface area contributed by atoms with Crippen molar-refractivity contribution in [2.24, 2.45) is 0 Å². The van der Waals surface area contributed by atoms with Gasteiger partial charge in [0.1, 0.15) is 0 Å². The SMILES string of the molecule is COC(=O)C(C)(O)C#Cc1ccccc1. The lowest BCUT2D eigenvalue weighted by atomic mass is 10.1. The van der Waals surface area contributed by atoms with Crippen molar-refractivity contribution in [2.45, 2.75) is 12.5 Å². The number of carbonyl (C=O) groups is 1. The third-order valence-electron chi connectivity index (χ3n) is 1.81. The summed E-state index contributed by atoms with van der Waals surface area (Å²) in [6, 6.07) is 9.11. The first-order valence-corrected chi connectivity index (χ1v) is 4.45. The Labute approximate surface area is 88.7 Å². The molecule has 1 atom stereocenters. The molecule has 0 bridgehead atoms. The number of methoxy groups -OCH3 is 1. The lowest BCUT2D eigenvalue weighted by Gasteiger charge is -2.11. The minimum atomic E-state index is -1.76. The Bertz CT molecular complexity index is 396. The van der Waals surface area contributed by atoms with Crippen LogP contribution < -0.4 is 0 Å². The topological polar surface area (TPSA) is 46.5 Å². The first-order chi connectivity index (χ1) is 7.06. The first kappa shape index (κ1) is 11.3. The second-order valence-electron chi connectivity index (χ2n) is 3.18. The molecule has 0 radical (unpaired) electrons. The van der Waals surface area contributed by atoms with Crippen LogP contribution in [0.5, 0.6) is 0 Å². The molecule has 1 unspecified atom stereocenters. The second-order valence-corrected chi connectivity index (χ2v) is 3.18. The van der Waals surface area contributed by atoms with Gasteiger partial charge in [-0.2, -0.15) is 0 Å². The van der Waals surface area contributed by atoms with Gasteiger partial charge >= 0.3 is 5.97 Å². The van der Waals surface area contributed by atoms with Gasteiger partial charge in [0.25, 0.3) is 0 Å². The molecule has 0 aliphatic heterocycles. The number of carbonyl (C=O) groups excluding carboxylic acids is 1. The number of benzene rings is 1. The van der Waals surface area contributed by atoms with Gasteiger partial charge in [0.2, 0.25) is 5.60 Å². The summed E-state index contributed by atoms with van der Waals surface area (Å²) in [5, 5.41) is 9.60. The molecule has 0 fully saturated rings. The Morgan fingerprint density at radius 3 is 2.53 bits per heavy atom. The van der Waals surface area contributed by atoms with Gasteiger partial charge in [0.05, 0.1) is 7.11 Å². The van der Waals surface area contributed by atoms with Crippen LogP contribution in [-0.2, 0) is 9.53 Å². The molecular formula is C12H12O3. The molecule has 0 aromatic heterocycles. The van der Waals surface area contributed by atoms with E-state index in [2.05, 4.69) is 16.6 Å². The lowest BCUT2D eigenvalue weighted by molar-refractivity contribution is -0.154. The van der Waals surface area contributed by atoms with Gasteiger partial charge in [-0.1, -0.05) is 30.0 Å². The molecule has 0 aliphatic carbocycles. The van der Waals surface area contributed by atoms with E-state index in [1.165, 1.54) is 14.0 Å². The lowest BCUT2D eigenvalue weighted by Crippen LogP contribution is -2.34. The van der Waals surface area contributed by atoms with Gasteiger partial charge in [-0.15, -0.1) is 0 Å². The van der Waals surface area contributed by atoms with Crippen molar-refractivity contribution >= 4 is 5.97 Å². The van der Waals surface area contributed by atoms with Crippen LogP contribution >= 0.6 is 0 Å². The van der Waals surface area contributed by atoms with E-state index in [1.807, 2.05) is 18.2 Å². The fourth-order valence-corrected chi connectivity index (χ4v) is 0.965. The van der Waals surface area contributed by atoms with Crippen molar-refractivity contribution in [3.63, 3.8) is 0 Å². The molecule has 0 heterocycles. The smallest absolute Gasteiger partial charge is 0.350 e. The average molecular weight is 204 g/mol. The van der Waals surface area contributed by atoms with Gasteiger partial charge in [-0.25, -0.2) is 4.79 Å². The summed E-state index contributed by atoms with van der Waals surface area (Å²) in [5.74, 6) is 4.40. The highest BCUT2D eigenvalue weighted by atomic mass is 16.5. The molecule has 1 N–H and O–H groups in total. The summed E-state index contributed by atoms with van der Waals surface area (Å²) in [6.07, 6.45) is 0. The minimum Gasteiger partial charge on any atom is -0.466 e. The zero-order valence-corrected chi connectivity index (χ0v) is 8.65. The third kappa shape index (κ3) is 3.12. The van der Waals surface area contributed by atoms with Crippen molar-refractivity contribution < 1.29 is 14.6 Å². The van der Waals surface area contributed by atoms with Crippen LogP contribution in [0.15, 0.2) is 30.3 Å². The molecular weight excluding hydrogens is 192 g/mol. The molecule has 78 valence electrons. The number of ether oxygens (including phenoxy) is 1. The van der Waals surface area contributed by atoms with E-state index >= 15 is 0 Å². The van der Waals surface area contributed by atoms with E-state index in [0.29, 0.717) is 0 Å². The first-order valence-electron chi connectivity index (χ1n) is 4.45. The van der Waals surface area contributed by atoms with E-state index in [1.54, 1.807) is 12.1 Å². The van der Waals surface area contributed by atoms with Gasteiger partial charge in [-0.05, 0) is 19.1 Å². The minimum absolute atomic E-state index is 0.738. The molecule has 0 saturated heterocycles. The van der Waals surface area contributed by atoms with Crippen LogP contribution in [0.4, 0.5) is 0 Å². The zero-order valence-electron chi connectivity index (χ0n) is 8.65. The Hall–Kier alpha value is -1.79. The van der Waals surface area contributed by atoms with Gasteiger partial charge < -0.3 is 9.84 Å². The van der Waals surface area contributed by atoms with Crippen LogP contribution in [0.25, 0.3) is 0 Å². The van der Waals surface area contributed by atoms with Gasteiger partial charge in [-0.3, -0.25) is 0 Å². The van der Waals surface area contributed by atoms with E-state index in [9.17, 15) is 9.90 Å². The molecule has 1 aromatic carbocycles. The highest BCUT2D eigenvalue weighted by Crippen LogP contribution is 2.04. The molecule has 0 aliphatic rings. The largest absolute Gasteiger partial charge is 0.466 e. The molecule has 3 heteroatoms. The van der Waals surface area contributed by atoms with Crippen LogP contribution in [0.2, 0.25) is 0 Å². The van der Waals surface area contributed by atoms with Crippen molar-refractivity contribution in [3.8, 4) is 11.8 Å². The van der Waals surface area contributed by atoms with Gasteiger partial charge in [0, 0.05) is 5.56 Å². The number of rotatable bonds is 1. The van der Waals surface area contributed by atoms with E-state index in [4.69, 9.17) is 0 Å².